The molecular weight excluding hydrogens is 300 g/mol. The number of benzene rings is 1. The van der Waals surface area contributed by atoms with Gasteiger partial charge in [0.25, 0.3) is 0 Å². The number of hydrogen-bond acceptors (Lipinski definition) is 0. The number of rotatable bonds is 8. The van der Waals surface area contributed by atoms with Crippen molar-refractivity contribution in [1.29, 1.82) is 0 Å². The molecule has 0 heteroatoms. The highest BCUT2D eigenvalue weighted by Crippen LogP contribution is 2.39. The Morgan fingerprint density at radius 1 is 0.760 bits per heavy atom. The molecule has 0 N–H and O–H groups in total. The molecule has 1 fully saturated rings. The van der Waals surface area contributed by atoms with E-state index in [4.69, 9.17) is 0 Å². The lowest BCUT2D eigenvalue weighted by atomic mass is 9.75. The Balaban J connectivity index is 1.52. The predicted molar refractivity (Wildman–Crippen MR) is 110 cm³/mol. The lowest BCUT2D eigenvalue weighted by molar-refractivity contribution is 0.304. The van der Waals surface area contributed by atoms with Crippen molar-refractivity contribution in [2.24, 2.45) is 11.8 Å². The summed E-state index contributed by atoms with van der Waals surface area (Å²) in [7, 11) is 0. The minimum Gasteiger partial charge on any atom is -0.0654 e. The van der Waals surface area contributed by atoms with Crippen LogP contribution in [-0.2, 0) is 12.8 Å². The van der Waals surface area contributed by atoms with E-state index in [-0.39, 0.29) is 0 Å². The van der Waals surface area contributed by atoms with Crippen molar-refractivity contribution in [2.45, 2.75) is 110 Å². The minimum atomic E-state index is 0.852. The van der Waals surface area contributed by atoms with Gasteiger partial charge in [0.15, 0.2) is 0 Å². The summed E-state index contributed by atoms with van der Waals surface area (Å²) in [5.41, 5.74) is 5.03. The summed E-state index contributed by atoms with van der Waals surface area (Å²) in [5, 5.41) is 0. The van der Waals surface area contributed by atoms with Gasteiger partial charge in [-0.05, 0) is 79.4 Å². The lowest BCUT2D eigenvalue weighted by Crippen LogP contribution is -2.16. The molecule has 1 unspecified atom stereocenters. The maximum Gasteiger partial charge on any atom is -0.0162 e. The zero-order chi connectivity index (χ0) is 17.5. The van der Waals surface area contributed by atoms with E-state index in [9.17, 15) is 0 Å². The topological polar surface area (TPSA) is 0 Å². The second kappa shape index (κ2) is 9.79. The molecule has 0 radical (unpaired) electrons. The van der Waals surface area contributed by atoms with Crippen molar-refractivity contribution in [3.63, 3.8) is 0 Å². The molecule has 0 saturated heterocycles. The predicted octanol–water partition coefficient (Wildman–Crippen LogP) is 7.84. The molecule has 0 bridgehead atoms. The van der Waals surface area contributed by atoms with Gasteiger partial charge < -0.3 is 0 Å². The van der Waals surface area contributed by atoms with Gasteiger partial charge in [-0.3, -0.25) is 0 Å². The van der Waals surface area contributed by atoms with Crippen LogP contribution in [0.5, 0.6) is 0 Å². The molecule has 25 heavy (non-hydrogen) atoms. The fourth-order valence-electron chi connectivity index (χ4n) is 5.31. The SMILES string of the molecule is CCCCCC1CCc2cc(C3CCC(CCCC)CC3)ccc2C1. The maximum absolute atomic E-state index is 2.61. The number of unbranched alkanes of at least 4 members (excludes halogenated alkanes) is 3. The molecule has 0 amide bonds. The van der Waals surface area contributed by atoms with Gasteiger partial charge in [0.2, 0.25) is 0 Å². The summed E-state index contributed by atoms with van der Waals surface area (Å²) in [6.07, 6.45) is 19.9. The minimum absolute atomic E-state index is 0.852. The van der Waals surface area contributed by atoms with Crippen LogP contribution in [-0.4, -0.2) is 0 Å². The van der Waals surface area contributed by atoms with Gasteiger partial charge in [0.05, 0.1) is 0 Å². The first kappa shape index (κ1) is 19.0. The Morgan fingerprint density at radius 2 is 1.52 bits per heavy atom. The summed E-state index contributed by atoms with van der Waals surface area (Å²) in [4.78, 5) is 0. The van der Waals surface area contributed by atoms with Gasteiger partial charge in [-0.2, -0.15) is 0 Å². The Morgan fingerprint density at radius 3 is 2.28 bits per heavy atom. The molecule has 1 saturated carbocycles. The van der Waals surface area contributed by atoms with Crippen LogP contribution < -0.4 is 0 Å². The van der Waals surface area contributed by atoms with Gasteiger partial charge >= 0.3 is 0 Å². The second-order valence-corrected chi connectivity index (χ2v) is 8.99. The molecule has 1 aromatic rings. The molecule has 2 aliphatic carbocycles. The fraction of sp³-hybridized carbons (Fsp3) is 0.760. The van der Waals surface area contributed by atoms with Crippen LogP contribution in [0.2, 0.25) is 0 Å². The molecule has 0 aliphatic heterocycles. The zero-order valence-corrected chi connectivity index (χ0v) is 16.9. The van der Waals surface area contributed by atoms with E-state index in [0.717, 1.165) is 17.8 Å². The Bertz CT molecular complexity index is 507. The van der Waals surface area contributed by atoms with Crippen LogP contribution in [0.1, 0.15) is 114 Å². The molecule has 140 valence electrons. The third-order valence-corrected chi connectivity index (χ3v) is 7.06. The van der Waals surface area contributed by atoms with Gasteiger partial charge in [-0.1, -0.05) is 77.0 Å². The summed E-state index contributed by atoms with van der Waals surface area (Å²) < 4.78 is 0. The van der Waals surface area contributed by atoms with E-state index in [2.05, 4.69) is 32.0 Å². The Labute approximate surface area is 156 Å². The third-order valence-electron chi connectivity index (χ3n) is 7.06. The molecule has 3 rings (SSSR count). The van der Waals surface area contributed by atoms with Crippen LogP contribution in [0.3, 0.4) is 0 Å². The van der Waals surface area contributed by atoms with Crippen molar-refractivity contribution >= 4 is 0 Å². The van der Waals surface area contributed by atoms with E-state index in [1.165, 1.54) is 89.9 Å². The molecule has 1 atom stereocenters. The Hall–Kier alpha value is -0.780. The van der Waals surface area contributed by atoms with Crippen LogP contribution >= 0.6 is 0 Å². The average Bonchev–Trinajstić information content (AvgIpc) is 2.66. The van der Waals surface area contributed by atoms with Crippen molar-refractivity contribution < 1.29 is 0 Å². The quantitative estimate of drug-likeness (QED) is 0.423. The van der Waals surface area contributed by atoms with Crippen molar-refractivity contribution in [1.82, 2.24) is 0 Å². The van der Waals surface area contributed by atoms with Crippen LogP contribution in [0.4, 0.5) is 0 Å². The number of fused-ring (bicyclic) bond motifs is 1. The second-order valence-electron chi connectivity index (χ2n) is 8.99. The van der Waals surface area contributed by atoms with Gasteiger partial charge in [-0.15, -0.1) is 0 Å². The highest BCUT2D eigenvalue weighted by molar-refractivity contribution is 5.36. The zero-order valence-electron chi connectivity index (χ0n) is 16.9. The van der Waals surface area contributed by atoms with Crippen LogP contribution in [0, 0.1) is 11.8 Å². The number of aryl methyl sites for hydroxylation is 1. The first-order valence-electron chi connectivity index (χ1n) is 11.4. The van der Waals surface area contributed by atoms with E-state index in [0.29, 0.717) is 0 Å². The number of hydrogen-bond donors (Lipinski definition) is 0. The fourth-order valence-corrected chi connectivity index (χ4v) is 5.31. The van der Waals surface area contributed by atoms with E-state index < -0.39 is 0 Å². The highest BCUT2D eigenvalue weighted by Gasteiger charge is 2.24. The molecule has 0 heterocycles. The van der Waals surface area contributed by atoms with Crippen molar-refractivity contribution in [3.8, 4) is 0 Å². The smallest absolute Gasteiger partial charge is 0.0162 e. The van der Waals surface area contributed by atoms with Gasteiger partial charge in [0.1, 0.15) is 0 Å². The monoisotopic (exact) mass is 340 g/mol. The first-order valence-corrected chi connectivity index (χ1v) is 11.4. The normalized spacial score (nSPS) is 26.4. The maximum atomic E-state index is 2.61. The van der Waals surface area contributed by atoms with Crippen molar-refractivity contribution in [2.75, 3.05) is 0 Å². The van der Waals surface area contributed by atoms with Crippen LogP contribution in [0.25, 0.3) is 0 Å². The lowest BCUT2D eigenvalue weighted by Gasteiger charge is -2.30. The molecule has 2 aliphatic rings. The molecule has 0 spiro atoms. The molecule has 0 nitrogen and oxygen atoms in total. The summed E-state index contributed by atoms with van der Waals surface area (Å²) in [6.45, 7) is 4.64. The highest BCUT2D eigenvalue weighted by atomic mass is 14.3. The Kier molecular flexibility index (Phi) is 7.44. The largest absolute Gasteiger partial charge is 0.0654 e. The van der Waals surface area contributed by atoms with Crippen molar-refractivity contribution in [3.05, 3.63) is 34.9 Å². The average molecular weight is 341 g/mol. The standard InChI is InChI=1S/C25H40/c1-3-5-7-9-21-12-15-25-19-24(17-16-23(25)18-21)22-13-10-20(11-14-22)8-6-4-2/h16-17,19-22H,3-15,18H2,1-2H3. The summed E-state index contributed by atoms with van der Waals surface area (Å²) in [6, 6.07) is 7.60. The van der Waals surface area contributed by atoms with Crippen LogP contribution in [0.15, 0.2) is 18.2 Å². The molecular formula is C25H40. The first-order chi connectivity index (χ1) is 12.3. The molecule has 1 aromatic carbocycles. The molecule has 0 aromatic heterocycles. The van der Waals surface area contributed by atoms with Gasteiger partial charge in [0, 0.05) is 0 Å². The third kappa shape index (κ3) is 5.35. The van der Waals surface area contributed by atoms with Gasteiger partial charge in [-0.25, -0.2) is 0 Å². The summed E-state index contributed by atoms with van der Waals surface area (Å²) >= 11 is 0. The van der Waals surface area contributed by atoms with E-state index in [1.807, 2.05) is 0 Å². The summed E-state index contributed by atoms with van der Waals surface area (Å²) in [5.74, 6) is 2.84. The van der Waals surface area contributed by atoms with E-state index in [1.54, 1.807) is 16.7 Å². The van der Waals surface area contributed by atoms with E-state index >= 15 is 0 Å².